The summed E-state index contributed by atoms with van der Waals surface area (Å²) < 4.78 is 43.7. The zero-order chi connectivity index (χ0) is 27.9. The van der Waals surface area contributed by atoms with E-state index in [1.807, 2.05) is 23.5 Å². The number of fused-ring (bicyclic) bond motifs is 2. The Morgan fingerprint density at radius 2 is 1.90 bits per heavy atom. The summed E-state index contributed by atoms with van der Waals surface area (Å²) in [6.45, 7) is 1.46. The molecule has 0 saturated carbocycles. The second-order valence-electron chi connectivity index (χ2n) is 9.63. The molecule has 40 heavy (non-hydrogen) atoms. The molecule has 3 heterocycles. The van der Waals surface area contributed by atoms with Gasteiger partial charge in [0.1, 0.15) is 12.4 Å². The van der Waals surface area contributed by atoms with Gasteiger partial charge in [-0.15, -0.1) is 0 Å². The maximum Gasteiger partial charge on any atom is 0.405 e. The van der Waals surface area contributed by atoms with Crippen molar-refractivity contribution in [1.29, 1.82) is 0 Å². The maximum absolute atomic E-state index is 12.8. The van der Waals surface area contributed by atoms with Gasteiger partial charge in [0.05, 0.1) is 18.7 Å². The molecule has 1 saturated heterocycles. The Labute approximate surface area is 227 Å². The number of hydrogen-bond donors (Lipinski definition) is 4. The summed E-state index contributed by atoms with van der Waals surface area (Å²) in [7, 11) is 0. The molecular weight excluding hydrogens is 523 g/mol. The first kappa shape index (κ1) is 25.7. The van der Waals surface area contributed by atoms with Crippen LogP contribution in [-0.2, 0) is 9.53 Å². The average Bonchev–Trinajstić information content (AvgIpc) is 3.54. The Bertz CT molecular complexity index is 1580. The van der Waals surface area contributed by atoms with Gasteiger partial charge in [-0.3, -0.25) is 4.79 Å². The van der Waals surface area contributed by atoms with E-state index in [0.29, 0.717) is 47.2 Å². The van der Waals surface area contributed by atoms with Crippen LogP contribution in [0.25, 0.3) is 16.7 Å². The number of pyridine rings is 1. The van der Waals surface area contributed by atoms with Crippen molar-refractivity contribution in [1.82, 2.24) is 20.3 Å². The molecule has 0 radical (unpaired) electrons. The molecule has 1 fully saturated rings. The first-order chi connectivity index (χ1) is 19.2. The monoisotopic (exact) mass is 549 g/mol. The number of nitrogens with one attached hydrogen (secondary N) is 3. The lowest BCUT2D eigenvalue weighted by Crippen LogP contribution is -2.36. The Hall–Kier alpha value is -4.58. The third-order valence-electron chi connectivity index (χ3n) is 6.92. The van der Waals surface area contributed by atoms with Gasteiger partial charge in [-0.25, -0.2) is 4.98 Å². The van der Waals surface area contributed by atoms with Gasteiger partial charge >= 0.3 is 6.18 Å². The van der Waals surface area contributed by atoms with Crippen molar-refractivity contribution in [3.63, 3.8) is 0 Å². The van der Waals surface area contributed by atoms with Gasteiger partial charge in [-0.1, -0.05) is 30.4 Å². The number of carbonyl (C=O) groups is 1. The number of benzene rings is 1. The molecule has 9 nitrogen and oxygen atoms in total. The second-order valence-corrected chi connectivity index (χ2v) is 9.63. The van der Waals surface area contributed by atoms with E-state index in [4.69, 9.17) is 10.5 Å². The Kier molecular flexibility index (Phi) is 6.54. The highest BCUT2D eigenvalue weighted by molar-refractivity contribution is 6.12. The Balaban J connectivity index is 1.23. The summed E-state index contributed by atoms with van der Waals surface area (Å²) >= 11 is 0. The lowest BCUT2D eigenvalue weighted by Gasteiger charge is -2.27. The molecule has 1 aliphatic heterocycles. The van der Waals surface area contributed by atoms with Crippen LogP contribution in [0.3, 0.4) is 0 Å². The fourth-order valence-corrected chi connectivity index (χ4v) is 5.06. The van der Waals surface area contributed by atoms with Crippen molar-refractivity contribution in [2.24, 2.45) is 11.7 Å². The number of alkyl halides is 3. The van der Waals surface area contributed by atoms with Crippen LogP contribution in [0.1, 0.15) is 5.56 Å². The van der Waals surface area contributed by atoms with Crippen LogP contribution in [0.4, 0.5) is 30.6 Å². The fourth-order valence-electron chi connectivity index (χ4n) is 5.06. The minimum Gasteiger partial charge on any atom is -0.398 e. The quantitative estimate of drug-likeness (QED) is 0.368. The summed E-state index contributed by atoms with van der Waals surface area (Å²) in [5.41, 5.74) is 10.8. The molecule has 1 amide bonds. The van der Waals surface area contributed by atoms with E-state index in [9.17, 15) is 18.0 Å². The minimum absolute atomic E-state index is 0.160. The SMILES string of the molecule is NC1=CC=CC2C=C(C(=O)NCC(F)(F)F)C(c3ccc(Nc4nc5nc(N6CCOCC6)ccc5[nH]4)cc3)=C12. The minimum atomic E-state index is -4.52. The van der Waals surface area contributed by atoms with Gasteiger partial charge in [0.2, 0.25) is 5.95 Å². The number of morpholine rings is 1. The normalized spacial score (nSPS) is 19.0. The molecule has 1 aromatic carbocycles. The number of carbonyl (C=O) groups excluding carboxylic acids is 1. The summed E-state index contributed by atoms with van der Waals surface area (Å²) in [4.78, 5) is 27.4. The van der Waals surface area contributed by atoms with E-state index >= 15 is 0 Å². The highest BCUT2D eigenvalue weighted by Gasteiger charge is 2.34. The number of nitrogens with zero attached hydrogens (tertiary/aromatic N) is 3. The summed E-state index contributed by atoms with van der Waals surface area (Å²) in [5, 5.41) is 5.20. The van der Waals surface area contributed by atoms with Crippen LogP contribution in [0.2, 0.25) is 0 Å². The molecule has 5 N–H and O–H groups in total. The second kappa shape index (κ2) is 10.2. The van der Waals surface area contributed by atoms with Crippen molar-refractivity contribution in [3.05, 3.63) is 83.1 Å². The molecule has 3 aromatic rings. The first-order valence-electron chi connectivity index (χ1n) is 12.8. The summed E-state index contributed by atoms with van der Waals surface area (Å²) in [6.07, 6.45) is 2.47. The largest absolute Gasteiger partial charge is 0.405 e. The smallest absolute Gasteiger partial charge is 0.398 e. The third-order valence-corrected chi connectivity index (χ3v) is 6.92. The number of aromatic nitrogens is 3. The fraction of sp³-hybridized carbons (Fsp3) is 0.250. The van der Waals surface area contributed by atoms with Crippen LogP contribution in [0.15, 0.2) is 77.5 Å². The van der Waals surface area contributed by atoms with Gasteiger partial charge in [0.25, 0.3) is 5.91 Å². The van der Waals surface area contributed by atoms with Crippen molar-refractivity contribution in [2.45, 2.75) is 6.18 Å². The number of hydrogen-bond acceptors (Lipinski definition) is 7. The zero-order valence-electron chi connectivity index (χ0n) is 21.3. The molecular formula is C28H26F3N7O2. The van der Waals surface area contributed by atoms with Gasteiger partial charge in [-0.05, 0) is 41.5 Å². The lowest BCUT2D eigenvalue weighted by atomic mass is 9.90. The number of H-pyrrole nitrogens is 1. The van der Waals surface area contributed by atoms with Gasteiger partial charge < -0.3 is 31.0 Å². The van der Waals surface area contributed by atoms with E-state index in [0.717, 1.165) is 30.1 Å². The number of ether oxygens (including phenoxy) is 1. The topological polar surface area (TPSA) is 121 Å². The van der Waals surface area contributed by atoms with Gasteiger partial charge in [-0.2, -0.15) is 18.2 Å². The van der Waals surface area contributed by atoms with Crippen LogP contribution < -0.4 is 21.3 Å². The van der Waals surface area contributed by atoms with Crippen molar-refractivity contribution in [2.75, 3.05) is 43.1 Å². The van der Waals surface area contributed by atoms with E-state index in [1.54, 1.807) is 42.5 Å². The molecule has 1 atom stereocenters. The maximum atomic E-state index is 12.8. The number of anilines is 3. The van der Waals surface area contributed by atoms with Crippen molar-refractivity contribution < 1.29 is 22.7 Å². The number of nitrogens with two attached hydrogens (primary N) is 1. The molecule has 0 spiro atoms. The molecule has 0 bridgehead atoms. The third kappa shape index (κ3) is 5.17. The highest BCUT2D eigenvalue weighted by atomic mass is 19.4. The average molecular weight is 550 g/mol. The van der Waals surface area contributed by atoms with Crippen molar-refractivity contribution >= 4 is 40.1 Å². The Morgan fingerprint density at radius 1 is 1.12 bits per heavy atom. The molecule has 6 rings (SSSR count). The first-order valence-corrected chi connectivity index (χ1v) is 12.8. The van der Waals surface area contributed by atoms with Crippen LogP contribution in [-0.4, -0.2) is 59.9 Å². The summed E-state index contributed by atoms with van der Waals surface area (Å²) in [6, 6.07) is 11.1. The van der Waals surface area contributed by atoms with Crippen LogP contribution in [0.5, 0.6) is 0 Å². The number of imidazole rings is 1. The molecule has 2 aliphatic carbocycles. The number of rotatable bonds is 6. The molecule has 3 aliphatic rings. The predicted octanol–water partition coefficient (Wildman–Crippen LogP) is 3.94. The van der Waals surface area contributed by atoms with Gasteiger partial charge in [0.15, 0.2) is 5.65 Å². The van der Waals surface area contributed by atoms with Crippen LogP contribution >= 0.6 is 0 Å². The summed E-state index contributed by atoms with van der Waals surface area (Å²) in [5.74, 6) is 0.254. The molecule has 1 unspecified atom stereocenters. The molecule has 12 heteroatoms. The highest BCUT2D eigenvalue weighted by Crippen LogP contribution is 2.43. The predicted molar refractivity (Wildman–Crippen MR) is 146 cm³/mol. The zero-order valence-corrected chi connectivity index (χ0v) is 21.3. The van der Waals surface area contributed by atoms with Crippen LogP contribution in [0, 0.1) is 5.92 Å². The van der Waals surface area contributed by atoms with E-state index in [-0.39, 0.29) is 11.5 Å². The standard InChI is InChI=1S/C28H26F3N7O2/c29-28(30,31)15-33-26(39)19-14-17-2-1-3-20(32)24(17)23(19)16-4-6-18(7-5-16)34-27-35-21-8-9-22(36-25(21)37-27)38-10-12-40-13-11-38/h1-9,14,17H,10-13,15,32H2,(H,33,39)(H2,34,35,36,37). The molecule has 2 aromatic heterocycles. The van der Waals surface area contributed by atoms with E-state index in [2.05, 4.69) is 25.2 Å². The van der Waals surface area contributed by atoms with E-state index < -0.39 is 18.6 Å². The van der Waals surface area contributed by atoms with Crippen molar-refractivity contribution in [3.8, 4) is 0 Å². The number of allylic oxidation sites excluding steroid dienone is 5. The number of halogens is 3. The lowest BCUT2D eigenvalue weighted by molar-refractivity contribution is -0.136. The number of aromatic amines is 1. The van der Waals surface area contributed by atoms with E-state index in [1.165, 1.54) is 0 Å². The van der Waals surface area contributed by atoms with Gasteiger partial charge in [0, 0.05) is 41.5 Å². The number of amides is 1. The Morgan fingerprint density at radius 3 is 2.65 bits per heavy atom. The molecule has 206 valence electrons.